The number of benzene rings is 2. The Hall–Kier alpha value is -3.01. The maximum atomic E-state index is 13.8. The van der Waals surface area contributed by atoms with Gasteiger partial charge in [0.05, 0.1) is 18.7 Å². The van der Waals surface area contributed by atoms with Gasteiger partial charge in [-0.3, -0.25) is 4.79 Å². The number of ether oxygens (including phenoxy) is 1. The van der Waals surface area contributed by atoms with Gasteiger partial charge in [0.25, 0.3) is 5.91 Å². The number of piperidine rings is 3. The van der Waals surface area contributed by atoms with E-state index in [4.69, 9.17) is 9.26 Å². The molecule has 0 spiro atoms. The lowest BCUT2D eigenvalue weighted by Gasteiger charge is -2.52. The van der Waals surface area contributed by atoms with E-state index < -0.39 is 11.6 Å². The standard InChI is InChI=1S/C32H37N3O5.BrH/c36-29(33-30-27(22-39-34-30)23-10-4-1-5-11-23)21-35-18-16-24(17-19-35)28(20-35)40-31(37)32(38,25-12-6-2-7-13-25)26-14-8-3-9-15-26;/h1-2,4-7,10-13,22,24,26,28,38H,3,8-9,14-21H2;1H/t24?,28?,32-,35?;/m0./s1. The summed E-state index contributed by atoms with van der Waals surface area (Å²) in [6, 6.07) is 19.0. The first-order chi connectivity index (χ1) is 19.5. The zero-order chi connectivity index (χ0) is 27.6. The molecule has 1 amide bonds. The maximum absolute atomic E-state index is 13.8. The Labute approximate surface area is 251 Å². The summed E-state index contributed by atoms with van der Waals surface area (Å²) in [5.74, 6) is -0.183. The van der Waals surface area contributed by atoms with Crippen LogP contribution in [0.15, 0.2) is 71.4 Å². The summed E-state index contributed by atoms with van der Waals surface area (Å²) in [6.45, 7) is 2.57. The summed E-state index contributed by atoms with van der Waals surface area (Å²) < 4.78 is 12.0. The number of carbonyl (C=O) groups is 2. The average molecular weight is 625 g/mol. The van der Waals surface area contributed by atoms with Crippen molar-refractivity contribution in [2.24, 2.45) is 11.8 Å². The van der Waals surface area contributed by atoms with Crippen LogP contribution in [0, 0.1) is 11.8 Å². The molecule has 4 heterocycles. The van der Waals surface area contributed by atoms with Crippen LogP contribution in [0.2, 0.25) is 0 Å². The largest absolute Gasteiger partial charge is 1.00 e. The van der Waals surface area contributed by atoms with Crippen LogP contribution in [0.25, 0.3) is 11.1 Å². The normalized spacial score (nSPS) is 25.5. The molecular formula is C32H38BrN3O5. The van der Waals surface area contributed by atoms with Crippen LogP contribution in [0.1, 0.15) is 50.5 Å². The van der Waals surface area contributed by atoms with E-state index in [1.165, 1.54) is 0 Å². The highest BCUT2D eigenvalue weighted by molar-refractivity contribution is 5.94. The van der Waals surface area contributed by atoms with E-state index in [0.29, 0.717) is 22.4 Å². The lowest BCUT2D eigenvalue weighted by molar-refractivity contribution is -0.939. The van der Waals surface area contributed by atoms with Crippen molar-refractivity contribution in [3.05, 3.63) is 72.5 Å². The van der Waals surface area contributed by atoms with Crippen molar-refractivity contribution >= 4 is 17.7 Å². The Morgan fingerprint density at radius 3 is 2.32 bits per heavy atom. The molecule has 3 saturated heterocycles. The van der Waals surface area contributed by atoms with Gasteiger partial charge in [0, 0.05) is 24.7 Å². The number of anilines is 1. The molecule has 0 radical (unpaired) electrons. The second-order valence-electron chi connectivity index (χ2n) is 11.9. The minimum atomic E-state index is -1.66. The number of aromatic nitrogens is 1. The van der Waals surface area contributed by atoms with Gasteiger partial charge in [0.2, 0.25) is 0 Å². The summed E-state index contributed by atoms with van der Waals surface area (Å²) in [7, 11) is 0. The van der Waals surface area contributed by atoms with Crippen LogP contribution in [0.5, 0.6) is 0 Å². The molecular weight excluding hydrogens is 586 g/mol. The van der Waals surface area contributed by atoms with E-state index in [9.17, 15) is 14.7 Å². The lowest BCUT2D eigenvalue weighted by atomic mass is 9.73. The van der Waals surface area contributed by atoms with Crippen LogP contribution in [-0.4, -0.2) is 58.9 Å². The first-order valence-corrected chi connectivity index (χ1v) is 14.6. The number of nitrogens with zero attached hydrogens (tertiary/aromatic N) is 2. The summed E-state index contributed by atoms with van der Waals surface area (Å²) in [6.07, 6.45) is 7.74. The van der Waals surface area contributed by atoms with Crippen LogP contribution in [-0.2, 0) is 19.9 Å². The molecule has 3 aliphatic heterocycles. The Bertz CT molecular complexity index is 1320. The Morgan fingerprint density at radius 1 is 0.976 bits per heavy atom. The molecule has 2 aromatic carbocycles. The third-order valence-corrected chi connectivity index (χ3v) is 9.41. The third-order valence-electron chi connectivity index (χ3n) is 9.41. The van der Waals surface area contributed by atoms with Gasteiger partial charge in [0.1, 0.15) is 12.8 Å². The summed E-state index contributed by atoms with van der Waals surface area (Å²) in [5.41, 5.74) is 0.608. The van der Waals surface area contributed by atoms with Crippen molar-refractivity contribution in [1.82, 2.24) is 5.16 Å². The molecule has 1 saturated carbocycles. The van der Waals surface area contributed by atoms with Gasteiger partial charge < -0.3 is 41.1 Å². The monoisotopic (exact) mass is 623 g/mol. The van der Waals surface area contributed by atoms with Crippen molar-refractivity contribution in [2.45, 2.75) is 56.7 Å². The van der Waals surface area contributed by atoms with Crippen LogP contribution < -0.4 is 22.3 Å². The number of halogens is 1. The van der Waals surface area contributed by atoms with Gasteiger partial charge in [-0.1, -0.05) is 85.1 Å². The molecule has 1 unspecified atom stereocenters. The summed E-state index contributed by atoms with van der Waals surface area (Å²) >= 11 is 0. The molecule has 4 aliphatic rings. The van der Waals surface area contributed by atoms with Crippen molar-refractivity contribution < 1.29 is 45.4 Å². The number of hydrogen-bond donors (Lipinski definition) is 2. The number of aliphatic hydroxyl groups is 1. The summed E-state index contributed by atoms with van der Waals surface area (Å²) in [4.78, 5) is 27.1. The SMILES string of the molecule is O=C(C[N+]12CCC(CC1)C(OC(=O)[C@](O)(c1ccccc1)C1CCCCC1)C2)Nc1nocc1-c1ccccc1.[Br-]. The van der Waals surface area contributed by atoms with E-state index in [0.717, 1.165) is 69.2 Å². The predicted octanol–water partition coefficient (Wildman–Crippen LogP) is 1.90. The molecule has 1 aliphatic carbocycles. The predicted molar refractivity (Wildman–Crippen MR) is 150 cm³/mol. The van der Waals surface area contributed by atoms with Gasteiger partial charge in [-0.15, -0.1) is 0 Å². The van der Waals surface area contributed by atoms with Crippen molar-refractivity contribution in [3.8, 4) is 11.1 Å². The van der Waals surface area contributed by atoms with Crippen LogP contribution in [0.4, 0.5) is 5.82 Å². The van der Waals surface area contributed by atoms with E-state index in [1.807, 2.05) is 60.7 Å². The highest BCUT2D eigenvalue weighted by Gasteiger charge is 2.52. The molecule has 8 nitrogen and oxygen atoms in total. The van der Waals surface area contributed by atoms with Crippen LogP contribution in [0.3, 0.4) is 0 Å². The minimum Gasteiger partial charge on any atom is -1.00 e. The fraction of sp³-hybridized carbons (Fsp3) is 0.469. The number of fused-ring (bicyclic) bond motifs is 3. The Balaban J connectivity index is 0.00000337. The number of quaternary nitrogens is 1. The molecule has 4 fully saturated rings. The average Bonchev–Trinajstić information content (AvgIpc) is 3.46. The number of amides is 1. The number of hydrogen-bond acceptors (Lipinski definition) is 6. The second-order valence-corrected chi connectivity index (χ2v) is 11.9. The summed E-state index contributed by atoms with van der Waals surface area (Å²) in [5, 5.41) is 19.0. The highest BCUT2D eigenvalue weighted by Crippen LogP contribution is 2.42. The lowest BCUT2D eigenvalue weighted by Crippen LogP contribution is -3.00. The number of carbonyl (C=O) groups excluding carboxylic acids is 2. The fourth-order valence-corrected chi connectivity index (χ4v) is 7.16. The fourth-order valence-electron chi connectivity index (χ4n) is 7.16. The zero-order valence-electron chi connectivity index (χ0n) is 23.2. The molecule has 3 aromatic rings. The first-order valence-electron chi connectivity index (χ1n) is 14.6. The van der Waals surface area contributed by atoms with Crippen molar-refractivity contribution in [2.75, 3.05) is 31.5 Å². The van der Waals surface area contributed by atoms with E-state index in [-0.39, 0.29) is 47.4 Å². The Morgan fingerprint density at radius 2 is 1.63 bits per heavy atom. The molecule has 1 aromatic heterocycles. The van der Waals surface area contributed by atoms with Gasteiger partial charge >= 0.3 is 5.97 Å². The van der Waals surface area contributed by atoms with Crippen molar-refractivity contribution in [1.29, 1.82) is 0 Å². The minimum absolute atomic E-state index is 0. The maximum Gasteiger partial charge on any atom is 0.343 e. The molecule has 41 heavy (non-hydrogen) atoms. The highest BCUT2D eigenvalue weighted by atomic mass is 79.9. The van der Waals surface area contributed by atoms with Gasteiger partial charge in [0.15, 0.2) is 24.1 Å². The quantitative estimate of drug-likeness (QED) is 0.294. The van der Waals surface area contributed by atoms with E-state index >= 15 is 0 Å². The second kappa shape index (κ2) is 12.5. The van der Waals surface area contributed by atoms with E-state index in [1.54, 1.807) is 6.26 Å². The molecule has 9 heteroatoms. The zero-order valence-corrected chi connectivity index (χ0v) is 24.8. The molecule has 7 rings (SSSR count). The van der Waals surface area contributed by atoms with Gasteiger partial charge in [-0.05, 0) is 24.0 Å². The molecule has 2 N–H and O–H groups in total. The number of esters is 1. The number of nitrogens with one attached hydrogen (secondary N) is 1. The van der Waals surface area contributed by atoms with E-state index in [2.05, 4.69) is 10.5 Å². The van der Waals surface area contributed by atoms with Crippen LogP contribution >= 0.6 is 0 Å². The topological polar surface area (TPSA) is 102 Å². The number of rotatable bonds is 8. The van der Waals surface area contributed by atoms with Gasteiger partial charge in [-0.2, -0.15) is 0 Å². The molecule has 2 atom stereocenters. The van der Waals surface area contributed by atoms with Crippen molar-refractivity contribution in [3.63, 3.8) is 0 Å². The Kier molecular flexibility index (Phi) is 8.97. The smallest absolute Gasteiger partial charge is 0.343 e. The third kappa shape index (κ3) is 5.98. The molecule has 2 bridgehead atoms. The first kappa shape index (κ1) is 29.5. The van der Waals surface area contributed by atoms with Gasteiger partial charge in [-0.25, -0.2) is 4.79 Å². The molecule has 218 valence electrons.